The normalized spacial score (nSPS) is 20.8. The maximum absolute atomic E-state index is 11.7. The number of hydrogen-bond acceptors (Lipinski definition) is 6. The molecule has 0 bridgehead atoms. The third-order valence-corrected chi connectivity index (χ3v) is 6.99. The third-order valence-electron chi connectivity index (χ3n) is 5.95. The molecule has 2 N–H and O–H groups in total. The van der Waals surface area contributed by atoms with Crippen LogP contribution in [0.3, 0.4) is 0 Å². The number of ether oxygens (including phenoxy) is 1. The van der Waals surface area contributed by atoms with E-state index in [0.29, 0.717) is 16.4 Å². The van der Waals surface area contributed by atoms with Gasteiger partial charge < -0.3 is 20.1 Å². The van der Waals surface area contributed by atoms with Gasteiger partial charge >= 0.3 is 5.97 Å². The van der Waals surface area contributed by atoms with Gasteiger partial charge in [0.25, 0.3) is 0 Å². The van der Waals surface area contributed by atoms with Crippen molar-refractivity contribution in [2.45, 2.75) is 71.4 Å². The van der Waals surface area contributed by atoms with E-state index in [9.17, 15) is 9.90 Å². The van der Waals surface area contributed by atoms with Gasteiger partial charge in [-0.05, 0) is 71.4 Å². The highest BCUT2D eigenvalue weighted by atomic mass is 32.1. The first-order valence-corrected chi connectivity index (χ1v) is 12.6. The van der Waals surface area contributed by atoms with E-state index in [0.717, 1.165) is 49.5 Å². The number of nitrogens with zero attached hydrogens (tertiary/aromatic N) is 2. The minimum absolute atomic E-state index is 0.123. The smallest absolute Gasteiger partial charge is 0.348 e. The zero-order valence-corrected chi connectivity index (χ0v) is 20.5. The summed E-state index contributed by atoms with van der Waals surface area (Å²) in [6, 6.07) is 8.12. The standard InChI is InChI=1S/C26H33N3O3S/c1-26(2,3)14-13-20-17-21(24(33-20)25(30)31)27-18-9-11-19(12-10-18)32-23-8-6-7-22(28-23)29-15-4-5-16-29/h6-8,17-19,27H,4-5,9-12,15-16H2,1-3H3,(H,30,31)/t18-,19-. The highest BCUT2D eigenvalue weighted by Gasteiger charge is 2.25. The van der Waals surface area contributed by atoms with Crippen molar-refractivity contribution < 1.29 is 14.6 Å². The second-order valence-electron chi connectivity index (χ2n) is 9.92. The van der Waals surface area contributed by atoms with Gasteiger partial charge in [0, 0.05) is 30.6 Å². The second kappa shape index (κ2) is 10.0. The molecule has 0 unspecified atom stereocenters. The first kappa shape index (κ1) is 23.4. The summed E-state index contributed by atoms with van der Waals surface area (Å²) in [7, 11) is 0. The number of nitrogens with one attached hydrogen (secondary N) is 1. The Balaban J connectivity index is 1.34. The molecule has 2 aromatic rings. The molecule has 1 aliphatic carbocycles. The van der Waals surface area contributed by atoms with Crippen molar-refractivity contribution in [3.05, 3.63) is 34.0 Å². The molecule has 0 aromatic carbocycles. The van der Waals surface area contributed by atoms with Gasteiger partial charge in [-0.15, -0.1) is 11.3 Å². The Hall–Kier alpha value is -2.72. The fourth-order valence-corrected chi connectivity index (χ4v) is 5.09. The number of aromatic nitrogens is 1. The zero-order valence-electron chi connectivity index (χ0n) is 19.7. The molecule has 2 aromatic heterocycles. The van der Waals surface area contributed by atoms with Gasteiger partial charge in [0.2, 0.25) is 5.88 Å². The van der Waals surface area contributed by atoms with Gasteiger partial charge in [-0.1, -0.05) is 17.9 Å². The van der Waals surface area contributed by atoms with Crippen LogP contribution in [0.2, 0.25) is 0 Å². The number of carbonyl (C=O) groups is 1. The molecule has 3 heterocycles. The van der Waals surface area contributed by atoms with Gasteiger partial charge in [0.1, 0.15) is 16.8 Å². The van der Waals surface area contributed by atoms with Crippen LogP contribution in [-0.2, 0) is 0 Å². The molecule has 2 fully saturated rings. The number of rotatable bonds is 6. The number of carboxylic acids is 1. The van der Waals surface area contributed by atoms with Crippen LogP contribution >= 0.6 is 11.3 Å². The van der Waals surface area contributed by atoms with Crippen molar-refractivity contribution in [3.63, 3.8) is 0 Å². The Bertz CT molecular complexity index is 1030. The lowest BCUT2D eigenvalue weighted by molar-refractivity contribution is 0.0703. The SMILES string of the molecule is CC(C)(C)C#Cc1cc(N[C@H]2CC[C@H](Oc3cccc(N4CCCC4)n3)CC2)c(C(=O)O)s1. The van der Waals surface area contributed by atoms with Crippen LogP contribution in [0.25, 0.3) is 0 Å². The van der Waals surface area contributed by atoms with Crippen LogP contribution in [-0.4, -0.2) is 41.3 Å². The van der Waals surface area contributed by atoms with Crippen molar-refractivity contribution in [1.29, 1.82) is 0 Å². The molecule has 0 amide bonds. The Morgan fingerprint density at radius 3 is 2.61 bits per heavy atom. The van der Waals surface area contributed by atoms with E-state index in [-0.39, 0.29) is 17.6 Å². The predicted octanol–water partition coefficient (Wildman–Crippen LogP) is 5.64. The van der Waals surface area contributed by atoms with Gasteiger partial charge in [-0.3, -0.25) is 0 Å². The molecule has 1 saturated heterocycles. The molecule has 4 rings (SSSR count). The molecule has 0 spiro atoms. The van der Waals surface area contributed by atoms with Crippen LogP contribution in [0, 0.1) is 17.3 Å². The summed E-state index contributed by atoms with van der Waals surface area (Å²) in [6.45, 7) is 8.27. The molecule has 1 aliphatic heterocycles. The summed E-state index contributed by atoms with van der Waals surface area (Å²) in [4.78, 5) is 19.9. The van der Waals surface area contributed by atoms with Crippen molar-refractivity contribution in [2.75, 3.05) is 23.3 Å². The lowest BCUT2D eigenvalue weighted by atomic mass is 9.92. The van der Waals surface area contributed by atoms with E-state index in [1.807, 2.05) is 39.0 Å². The lowest BCUT2D eigenvalue weighted by Crippen LogP contribution is -2.31. The second-order valence-corrected chi connectivity index (χ2v) is 11.0. The molecule has 1 saturated carbocycles. The van der Waals surface area contributed by atoms with Gasteiger partial charge in [-0.2, -0.15) is 4.98 Å². The summed E-state index contributed by atoms with van der Waals surface area (Å²) >= 11 is 1.24. The number of pyridine rings is 1. The highest BCUT2D eigenvalue weighted by molar-refractivity contribution is 7.15. The first-order chi connectivity index (χ1) is 15.8. The summed E-state index contributed by atoms with van der Waals surface area (Å²) < 4.78 is 6.21. The minimum Gasteiger partial charge on any atom is -0.477 e. The van der Waals surface area contributed by atoms with E-state index in [1.165, 1.54) is 24.2 Å². The molecule has 0 radical (unpaired) electrons. The van der Waals surface area contributed by atoms with E-state index in [1.54, 1.807) is 0 Å². The maximum atomic E-state index is 11.7. The largest absolute Gasteiger partial charge is 0.477 e. The van der Waals surface area contributed by atoms with Crippen molar-refractivity contribution >= 4 is 28.8 Å². The molecule has 6 nitrogen and oxygen atoms in total. The zero-order chi connectivity index (χ0) is 23.4. The Labute approximate surface area is 200 Å². The summed E-state index contributed by atoms with van der Waals surface area (Å²) in [6.07, 6.45) is 6.26. The van der Waals surface area contributed by atoms with Crippen LogP contribution in [0.1, 0.15) is 73.8 Å². The number of carboxylic acid groups (broad SMARTS) is 1. The number of hydrogen-bond donors (Lipinski definition) is 2. The quantitative estimate of drug-likeness (QED) is 0.536. The summed E-state index contributed by atoms with van der Waals surface area (Å²) in [5.74, 6) is 7.11. The highest BCUT2D eigenvalue weighted by Crippen LogP contribution is 2.31. The van der Waals surface area contributed by atoms with Crippen LogP contribution in [0.4, 0.5) is 11.5 Å². The minimum atomic E-state index is -0.910. The van der Waals surface area contributed by atoms with Crippen LogP contribution < -0.4 is 15.0 Å². The van der Waals surface area contributed by atoms with Gasteiger partial charge in [0.05, 0.1) is 10.6 Å². The molecular weight excluding hydrogens is 434 g/mol. The monoisotopic (exact) mass is 467 g/mol. The molecule has 0 atom stereocenters. The topological polar surface area (TPSA) is 74.7 Å². The van der Waals surface area contributed by atoms with Gasteiger partial charge in [-0.25, -0.2) is 4.79 Å². The van der Waals surface area contributed by atoms with Crippen LogP contribution in [0.15, 0.2) is 24.3 Å². The van der Waals surface area contributed by atoms with Crippen LogP contribution in [0.5, 0.6) is 5.88 Å². The average Bonchev–Trinajstić information content (AvgIpc) is 3.44. The van der Waals surface area contributed by atoms with E-state index in [4.69, 9.17) is 9.72 Å². The first-order valence-electron chi connectivity index (χ1n) is 11.8. The lowest BCUT2D eigenvalue weighted by Gasteiger charge is -2.30. The summed E-state index contributed by atoms with van der Waals surface area (Å²) in [5, 5.41) is 13.1. The van der Waals surface area contributed by atoms with E-state index >= 15 is 0 Å². The Morgan fingerprint density at radius 1 is 1.21 bits per heavy atom. The van der Waals surface area contributed by atoms with Crippen molar-refractivity contribution in [2.24, 2.45) is 5.41 Å². The fourth-order valence-electron chi connectivity index (χ4n) is 4.28. The van der Waals surface area contributed by atoms with E-state index in [2.05, 4.69) is 28.1 Å². The summed E-state index contributed by atoms with van der Waals surface area (Å²) in [5.41, 5.74) is 0.553. The fraction of sp³-hybridized carbons (Fsp3) is 0.538. The third kappa shape index (κ3) is 6.42. The van der Waals surface area contributed by atoms with E-state index < -0.39 is 5.97 Å². The Kier molecular flexibility index (Phi) is 7.14. The molecule has 176 valence electrons. The molecular formula is C26H33N3O3S. The van der Waals surface area contributed by atoms with Crippen molar-refractivity contribution in [3.8, 4) is 17.7 Å². The average molecular weight is 468 g/mol. The molecule has 33 heavy (non-hydrogen) atoms. The molecule has 7 heteroatoms. The number of thiophene rings is 1. The van der Waals surface area contributed by atoms with Crippen molar-refractivity contribution in [1.82, 2.24) is 4.98 Å². The maximum Gasteiger partial charge on any atom is 0.348 e. The van der Waals surface area contributed by atoms with Gasteiger partial charge in [0.15, 0.2) is 0 Å². The number of aromatic carboxylic acids is 1. The Morgan fingerprint density at radius 2 is 1.94 bits per heavy atom. The molecule has 2 aliphatic rings. The number of anilines is 2. The predicted molar refractivity (Wildman–Crippen MR) is 134 cm³/mol.